The Morgan fingerprint density at radius 3 is 2.47 bits per heavy atom. The van der Waals surface area contributed by atoms with Gasteiger partial charge in [0.1, 0.15) is 5.01 Å². The van der Waals surface area contributed by atoms with Crippen LogP contribution in [0.15, 0.2) is 52.7 Å². The zero-order valence-corrected chi connectivity index (χ0v) is 21.4. The van der Waals surface area contributed by atoms with E-state index in [1.807, 2.05) is 55.6 Å². The van der Waals surface area contributed by atoms with Gasteiger partial charge < -0.3 is 10.2 Å². The summed E-state index contributed by atoms with van der Waals surface area (Å²) in [6, 6.07) is 13.0. The number of hydrogen-bond donors (Lipinski definition) is 1. The lowest BCUT2D eigenvalue weighted by Crippen LogP contribution is -2.35. The first kappa shape index (κ1) is 24.4. The van der Waals surface area contributed by atoms with E-state index in [-0.39, 0.29) is 17.2 Å². The van der Waals surface area contributed by atoms with Crippen molar-refractivity contribution in [3.8, 4) is 10.6 Å². The lowest BCUT2D eigenvalue weighted by molar-refractivity contribution is -0.115. The summed E-state index contributed by atoms with van der Waals surface area (Å²) in [5.74, 6) is -0.239. The molecule has 9 heteroatoms. The van der Waals surface area contributed by atoms with E-state index in [4.69, 9.17) is 0 Å². The maximum atomic E-state index is 13.1. The van der Waals surface area contributed by atoms with Gasteiger partial charge in [-0.05, 0) is 38.0 Å². The van der Waals surface area contributed by atoms with Crippen LogP contribution in [0.2, 0.25) is 0 Å². The first-order valence-electron chi connectivity index (χ1n) is 11.4. The monoisotopic (exact) mass is 498 g/mol. The van der Waals surface area contributed by atoms with E-state index in [0.717, 1.165) is 35.5 Å². The molecule has 1 aliphatic heterocycles. The van der Waals surface area contributed by atoms with Gasteiger partial charge in [-0.1, -0.05) is 36.2 Å². The highest BCUT2D eigenvalue weighted by Gasteiger charge is 2.27. The fourth-order valence-electron chi connectivity index (χ4n) is 4.00. The van der Waals surface area contributed by atoms with E-state index in [0.29, 0.717) is 24.5 Å². The van der Waals surface area contributed by atoms with E-state index < -0.39 is 10.0 Å². The summed E-state index contributed by atoms with van der Waals surface area (Å²) in [6.07, 6.45) is 2.90. The molecule has 0 radical (unpaired) electrons. The maximum Gasteiger partial charge on any atom is 0.243 e. The third-order valence-corrected chi connectivity index (χ3v) is 8.70. The quantitative estimate of drug-likeness (QED) is 0.517. The minimum absolute atomic E-state index is 0.109. The number of piperidine rings is 1. The number of thiazole rings is 1. The second-order valence-corrected chi connectivity index (χ2v) is 11.6. The van der Waals surface area contributed by atoms with Gasteiger partial charge in [0.2, 0.25) is 15.9 Å². The largest absolute Gasteiger partial charge is 0.376 e. The predicted molar refractivity (Wildman–Crippen MR) is 138 cm³/mol. The molecule has 1 N–H and O–H groups in total. The Balaban J connectivity index is 1.52. The minimum atomic E-state index is -3.60. The number of benzene rings is 2. The number of carbonyl (C=O) groups excluding carboxylic acids is 1. The number of nitrogens with zero attached hydrogens (tertiary/aromatic N) is 3. The summed E-state index contributed by atoms with van der Waals surface area (Å²) in [5, 5.41) is 5.67. The number of anilines is 2. The van der Waals surface area contributed by atoms with Crippen molar-refractivity contribution in [3.63, 3.8) is 0 Å². The van der Waals surface area contributed by atoms with Crippen molar-refractivity contribution >= 4 is 38.6 Å². The third kappa shape index (κ3) is 5.48. The highest BCUT2D eigenvalue weighted by atomic mass is 32.2. The number of amides is 1. The molecule has 1 aromatic heterocycles. The maximum absolute atomic E-state index is 13.1. The summed E-state index contributed by atoms with van der Waals surface area (Å²) in [6.45, 7) is 3.11. The van der Waals surface area contributed by atoms with Crippen molar-refractivity contribution in [1.29, 1.82) is 0 Å². The molecule has 2 aromatic carbocycles. The van der Waals surface area contributed by atoms with E-state index in [1.165, 1.54) is 21.2 Å². The van der Waals surface area contributed by atoms with Crippen LogP contribution in [0.5, 0.6) is 0 Å². The van der Waals surface area contributed by atoms with E-state index in [2.05, 4.69) is 10.3 Å². The molecule has 4 rings (SSSR count). The van der Waals surface area contributed by atoms with Gasteiger partial charge in [-0.25, -0.2) is 13.4 Å². The Labute approximate surface area is 205 Å². The van der Waals surface area contributed by atoms with Gasteiger partial charge in [-0.3, -0.25) is 4.79 Å². The fraction of sp³-hybridized carbons (Fsp3) is 0.360. The van der Waals surface area contributed by atoms with E-state index in [1.54, 1.807) is 18.2 Å². The molecule has 0 spiro atoms. The number of aromatic nitrogens is 1. The summed E-state index contributed by atoms with van der Waals surface area (Å²) in [4.78, 5) is 19.5. The van der Waals surface area contributed by atoms with Gasteiger partial charge in [-0.2, -0.15) is 4.31 Å². The van der Waals surface area contributed by atoms with Crippen LogP contribution in [0.1, 0.15) is 30.5 Å². The molecule has 0 bridgehead atoms. The van der Waals surface area contributed by atoms with Crippen molar-refractivity contribution in [2.45, 2.75) is 37.5 Å². The molecule has 1 saturated heterocycles. The molecule has 0 unspecified atom stereocenters. The molecule has 0 saturated carbocycles. The number of aryl methyl sites for hydroxylation is 1. The average Bonchev–Trinajstić information content (AvgIpc) is 3.28. The molecule has 1 fully saturated rings. The Kier molecular flexibility index (Phi) is 7.35. The molecule has 7 nitrogen and oxygen atoms in total. The average molecular weight is 499 g/mol. The van der Waals surface area contributed by atoms with Crippen molar-refractivity contribution < 1.29 is 13.2 Å². The van der Waals surface area contributed by atoms with Crippen molar-refractivity contribution in [3.05, 3.63) is 59.1 Å². The molecule has 0 atom stereocenters. The van der Waals surface area contributed by atoms with Crippen molar-refractivity contribution in [1.82, 2.24) is 9.29 Å². The van der Waals surface area contributed by atoms with Gasteiger partial charge in [0, 0.05) is 38.1 Å². The van der Waals surface area contributed by atoms with E-state index >= 15 is 0 Å². The normalized spacial score (nSPS) is 14.7. The van der Waals surface area contributed by atoms with Crippen LogP contribution in [0, 0.1) is 6.92 Å². The summed E-state index contributed by atoms with van der Waals surface area (Å²) in [5.41, 5.74) is 4.10. The highest BCUT2D eigenvalue weighted by Crippen LogP contribution is 2.30. The zero-order chi connectivity index (χ0) is 24.3. The molecule has 180 valence electrons. The van der Waals surface area contributed by atoms with Crippen molar-refractivity contribution in [2.24, 2.45) is 0 Å². The molecule has 0 aliphatic carbocycles. The fourth-order valence-corrected chi connectivity index (χ4v) is 6.37. The van der Waals surface area contributed by atoms with Crippen LogP contribution in [0.4, 0.5) is 11.4 Å². The molecule has 3 aromatic rings. The third-order valence-electron chi connectivity index (χ3n) is 5.87. The van der Waals surface area contributed by atoms with Crippen LogP contribution in [-0.4, -0.2) is 50.8 Å². The number of sulfonamides is 1. The summed E-state index contributed by atoms with van der Waals surface area (Å²) >= 11 is 1.50. The second kappa shape index (κ2) is 10.2. The number of carbonyl (C=O) groups is 1. The predicted octanol–water partition coefficient (Wildman–Crippen LogP) is 4.54. The van der Waals surface area contributed by atoms with Crippen LogP contribution in [0.3, 0.4) is 0 Å². The molecule has 34 heavy (non-hydrogen) atoms. The summed E-state index contributed by atoms with van der Waals surface area (Å²) in [7, 11) is 0.119. The zero-order valence-electron chi connectivity index (χ0n) is 19.7. The number of hydrogen-bond acceptors (Lipinski definition) is 6. The lowest BCUT2D eigenvalue weighted by Gasteiger charge is -2.26. The Hall–Kier alpha value is -2.75. The number of nitrogens with one attached hydrogen (secondary N) is 1. The first-order chi connectivity index (χ1) is 16.2. The van der Waals surface area contributed by atoms with E-state index in [9.17, 15) is 13.2 Å². The molecule has 2 heterocycles. The molecule has 1 amide bonds. The topological polar surface area (TPSA) is 82.6 Å². The van der Waals surface area contributed by atoms with Crippen LogP contribution in [0.25, 0.3) is 10.6 Å². The number of rotatable bonds is 7. The Bertz CT molecular complexity index is 1260. The highest BCUT2D eigenvalue weighted by molar-refractivity contribution is 7.89. The van der Waals surface area contributed by atoms with Crippen molar-refractivity contribution in [2.75, 3.05) is 37.4 Å². The Morgan fingerprint density at radius 2 is 1.79 bits per heavy atom. The first-order valence-corrected chi connectivity index (χ1v) is 13.7. The van der Waals surface area contributed by atoms with Gasteiger partial charge >= 0.3 is 0 Å². The lowest BCUT2D eigenvalue weighted by atomic mass is 10.2. The van der Waals surface area contributed by atoms with Gasteiger partial charge in [0.25, 0.3) is 0 Å². The second-order valence-electron chi connectivity index (χ2n) is 8.77. The minimum Gasteiger partial charge on any atom is -0.376 e. The molecular formula is C25H30N4O3S2. The van der Waals surface area contributed by atoms with Gasteiger partial charge in [-0.15, -0.1) is 11.3 Å². The standard InChI is InChI=1S/C25H30N4O3S2/c1-18-7-9-19(10-8-18)25-26-20(17-33-25)15-24(30)27-22-16-21(11-12-23(22)28(2)3)34(31,32)29-13-5-4-6-14-29/h7-12,16-17H,4-6,13-15H2,1-3H3,(H,27,30). The van der Waals surface area contributed by atoms with Crippen LogP contribution >= 0.6 is 11.3 Å². The molecule has 1 aliphatic rings. The molecular weight excluding hydrogens is 468 g/mol. The van der Waals surface area contributed by atoms with Gasteiger partial charge in [0.05, 0.1) is 28.4 Å². The summed E-state index contributed by atoms with van der Waals surface area (Å²) < 4.78 is 27.8. The van der Waals surface area contributed by atoms with Crippen LogP contribution in [-0.2, 0) is 21.2 Å². The van der Waals surface area contributed by atoms with Gasteiger partial charge in [0.15, 0.2) is 0 Å². The van der Waals surface area contributed by atoms with Crippen LogP contribution < -0.4 is 10.2 Å². The SMILES string of the molecule is Cc1ccc(-c2nc(CC(=O)Nc3cc(S(=O)(=O)N4CCCCC4)ccc3N(C)C)cs2)cc1. The Morgan fingerprint density at radius 1 is 1.09 bits per heavy atom. The smallest absolute Gasteiger partial charge is 0.243 e.